The van der Waals surface area contributed by atoms with Crippen LogP contribution in [-0.4, -0.2) is 27.4 Å². The fraction of sp³-hybridized carbons (Fsp3) is 0.219. The Kier molecular flexibility index (Phi) is 8.14. The first-order valence-corrected chi connectivity index (χ1v) is 13.7. The number of H-pyrrole nitrogens is 1. The standard InChI is InChI=1S/C32H30N4O6/c1-20-12-14-21(15-13-20)22(16-18-25-27(37)33-31(41)35(29(25)39)23-8-4-2-5-9-23)17-19-26-28(38)34-32(42)36(30(26)40)24-10-6-3-7-11-24/h2-11,16-21,39H,12-15H2,1H3,(H,33,37,41)(H,34,38,42)/p-1/b18-16+,22-17-,26-19-. The molecule has 5 rings (SSSR count). The molecular weight excluding hydrogens is 536 g/mol. The van der Waals surface area contributed by atoms with Crippen LogP contribution in [0.4, 0.5) is 10.5 Å². The van der Waals surface area contributed by atoms with Gasteiger partial charge in [0.05, 0.1) is 5.69 Å². The van der Waals surface area contributed by atoms with Gasteiger partial charge in [0.1, 0.15) is 5.57 Å². The lowest BCUT2D eigenvalue weighted by Crippen LogP contribution is -2.54. The summed E-state index contributed by atoms with van der Waals surface area (Å²) in [6, 6.07) is 15.7. The van der Waals surface area contributed by atoms with Gasteiger partial charge < -0.3 is 5.11 Å². The van der Waals surface area contributed by atoms with Crippen LogP contribution in [0.2, 0.25) is 0 Å². The van der Waals surface area contributed by atoms with Gasteiger partial charge in [-0.3, -0.25) is 29.3 Å². The van der Waals surface area contributed by atoms with Crippen LogP contribution in [0, 0.1) is 11.8 Å². The van der Waals surface area contributed by atoms with Gasteiger partial charge in [-0.1, -0.05) is 68.3 Å². The Labute approximate surface area is 241 Å². The lowest BCUT2D eigenvalue weighted by molar-refractivity contribution is -0.278. The van der Waals surface area contributed by atoms with Gasteiger partial charge in [0.2, 0.25) is 0 Å². The minimum atomic E-state index is -0.838. The molecule has 2 heterocycles. The molecule has 2 fully saturated rings. The molecule has 0 radical (unpaired) electrons. The number of benzene rings is 2. The van der Waals surface area contributed by atoms with E-state index in [1.165, 1.54) is 12.2 Å². The number of barbiturate groups is 1. The number of nitrogens with one attached hydrogen (secondary N) is 2. The summed E-state index contributed by atoms with van der Waals surface area (Å²) in [4.78, 5) is 66.7. The molecular formula is C32H29N4O6-. The van der Waals surface area contributed by atoms with Crippen LogP contribution < -0.4 is 26.6 Å². The average Bonchev–Trinajstić information content (AvgIpc) is 2.97. The molecule has 1 saturated carbocycles. The lowest BCUT2D eigenvalue weighted by atomic mass is 9.78. The van der Waals surface area contributed by atoms with Crippen LogP contribution in [-0.2, 0) is 9.59 Å². The highest BCUT2D eigenvalue weighted by molar-refractivity contribution is 6.37. The predicted molar refractivity (Wildman–Crippen MR) is 156 cm³/mol. The quantitative estimate of drug-likeness (QED) is 0.266. The number of rotatable bonds is 6. The molecule has 2 aromatic carbocycles. The summed E-state index contributed by atoms with van der Waals surface area (Å²) in [6.07, 6.45) is 9.57. The molecule has 10 heteroatoms. The Morgan fingerprint density at radius 1 is 0.881 bits per heavy atom. The van der Waals surface area contributed by atoms with Crippen molar-refractivity contribution < 1.29 is 19.5 Å². The smallest absolute Gasteiger partial charge is 0.335 e. The lowest BCUT2D eigenvalue weighted by Gasteiger charge is -2.28. The normalized spacial score (nSPS) is 20.8. The molecule has 0 unspecified atom stereocenters. The van der Waals surface area contributed by atoms with E-state index in [0.29, 0.717) is 22.9 Å². The Bertz CT molecular complexity index is 1730. The number of allylic oxidation sites excluding steroid dienone is 4. The molecule has 10 nitrogen and oxygen atoms in total. The Hall–Kier alpha value is -5.25. The van der Waals surface area contributed by atoms with Crippen LogP contribution in [0.5, 0.6) is 5.88 Å². The second kappa shape index (κ2) is 12.1. The van der Waals surface area contributed by atoms with Crippen molar-refractivity contribution in [1.29, 1.82) is 0 Å². The van der Waals surface area contributed by atoms with Gasteiger partial charge in [-0.15, -0.1) is 0 Å². The zero-order valence-corrected chi connectivity index (χ0v) is 22.9. The van der Waals surface area contributed by atoms with Crippen molar-refractivity contribution in [3.63, 3.8) is 0 Å². The number of anilines is 1. The third kappa shape index (κ3) is 5.78. The van der Waals surface area contributed by atoms with Crippen molar-refractivity contribution in [1.82, 2.24) is 14.9 Å². The maximum absolute atomic E-state index is 13.3. The number of nitrogens with zero attached hydrogens (tertiary/aromatic N) is 2. The Morgan fingerprint density at radius 2 is 1.50 bits per heavy atom. The molecule has 0 bridgehead atoms. The second-order valence-corrected chi connectivity index (χ2v) is 10.4. The zero-order chi connectivity index (χ0) is 29.8. The second-order valence-electron chi connectivity index (χ2n) is 10.4. The number of aromatic nitrogens is 2. The molecule has 42 heavy (non-hydrogen) atoms. The van der Waals surface area contributed by atoms with E-state index >= 15 is 0 Å². The highest BCUT2D eigenvalue weighted by Crippen LogP contribution is 2.34. The first kappa shape index (κ1) is 28.3. The fourth-order valence-corrected chi connectivity index (χ4v) is 5.26. The summed E-state index contributed by atoms with van der Waals surface area (Å²) >= 11 is 0. The minimum Gasteiger partial charge on any atom is -0.859 e. The monoisotopic (exact) mass is 565 g/mol. The fourth-order valence-electron chi connectivity index (χ4n) is 5.26. The Morgan fingerprint density at radius 3 is 2.14 bits per heavy atom. The van der Waals surface area contributed by atoms with Gasteiger partial charge in [-0.25, -0.2) is 14.5 Å². The largest absolute Gasteiger partial charge is 0.859 e. The summed E-state index contributed by atoms with van der Waals surface area (Å²) in [5.41, 5.74) is -0.771. The molecule has 2 aliphatic rings. The molecule has 1 aromatic heterocycles. The van der Waals surface area contributed by atoms with E-state index in [1.54, 1.807) is 72.8 Å². The van der Waals surface area contributed by atoms with Gasteiger partial charge >= 0.3 is 11.7 Å². The molecule has 1 aliphatic heterocycles. The minimum absolute atomic E-state index is 0.0390. The molecule has 0 atom stereocenters. The number of imide groups is 2. The highest BCUT2D eigenvalue weighted by Gasteiger charge is 2.36. The van der Waals surface area contributed by atoms with Gasteiger partial charge in [-0.05, 0) is 72.5 Å². The van der Waals surface area contributed by atoms with E-state index in [2.05, 4.69) is 17.2 Å². The van der Waals surface area contributed by atoms with E-state index in [9.17, 15) is 29.1 Å². The molecule has 1 saturated heterocycles. The SMILES string of the molecule is CC1CCC(C(/C=C/c2c([O-])n(-c3ccccc3)c(=O)[nH]c2=O)=C\C=C2\C(=O)NC(=O)N(c3ccccc3)C2=O)CC1. The number of amides is 4. The summed E-state index contributed by atoms with van der Waals surface area (Å²) in [7, 11) is 0. The number of para-hydroxylation sites is 2. The number of hydrogen-bond acceptors (Lipinski definition) is 6. The molecule has 2 N–H and O–H groups in total. The molecule has 4 amide bonds. The van der Waals surface area contributed by atoms with E-state index < -0.39 is 35.0 Å². The average molecular weight is 566 g/mol. The van der Waals surface area contributed by atoms with E-state index in [-0.39, 0.29) is 17.1 Å². The summed E-state index contributed by atoms with van der Waals surface area (Å²) in [6.45, 7) is 2.17. The molecule has 1 aliphatic carbocycles. The number of carbonyl (C=O) groups excluding carboxylic acids is 3. The van der Waals surface area contributed by atoms with Crippen molar-refractivity contribution in [2.45, 2.75) is 32.6 Å². The maximum atomic E-state index is 13.3. The number of carbonyl (C=O) groups is 3. The van der Waals surface area contributed by atoms with Crippen molar-refractivity contribution in [3.05, 3.63) is 116 Å². The van der Waals surface area contributed by atoms with Crippen molar-refractivity contribution in [3.8, 4) is 11.6 Å². The number of aromatic amines is 1. The van der Waals surface area contributed by atoms with Crippen LogP contribution in [0.1, 0.15) is 38.2 Å². The third-order valence-corrected chi connectivity index (χ3v) is 7.60. The first-order valence-electron chi connectivity index (χ1n) is 13.7. The molecule has 0 spiro atoms. The third-order valence-electron chi connectivity index (χ3n) is 7.60. The van der Waals surface area contributed by atoms with E-state index in [1.807, 2.05) is 0 Å². The topological polar surface area (TPSA) is 144 Å². The van der Waals surface area contributed by atoms with Gasteiger partial charge in [0, 0.05) is 11.3 Å². The highest BCUT2D eigenvalue weighted by atomic mass is 16.3. The van der Waals surface area contributed by atoms with Gasteiger partial charge in [0.25, 0.3) is 17.4 Å². The summed E-state index contributed by atoms with van der Waals surface area (Å²) < 4.78 is 0.898. The maximum Gasteiger partial charge on any atom is 0.335 e. The van der Waals surface area contributed by atoms with Crippen molar-refractivity contribution >= 4 is 29.6 Å². The molecule has 3 aromatic rings. The summed E-state index contributed by atoms with van der Waals surface area (Å²) in [5, 5.41) is 15.5. The van der Waals surface area contributed by atoms with Gasteiger partial charge in [-0.2, -0.15) is 0 Å². The van der Waals surface area contributed by atoms with Crippen molar-refractivity contribution in [2.24, 2.45) is 11.8 Å². The van der Waals surface area contributed by atoms with Crippen molar-refractivity contribution in [2.75, 3.05) is 4.90 Å². The van der Waals surface area contributed by atoms with Crippen LogP contribution in [0.25, 0.3) is 11.8 Å². The first-order chi connectivity index (χ1) is 20.2. The zero-order valence-electron chi connectivity index (χ0n) is 22.9. The van der Waals surface area contributed by atoms with Crippen LogP contribution in [0.3, 0.4) is 0 Å². The number of hydrogen-bond donors (Lipinski definition) is 2. The predicted octanol–water partition coefficient (Wildman–Crippen LogP) is 3.57. The van der Waals surface area contributed by atoms with E-state index in [4.69, 9.17) is 0 Å². The van der Waals surface area contributed by atoms with Gasteiger partial charge in [0.15, 0.2) is 0 Å². The van der Waals surface area contributed by atoms with Crippen LogP contribution in [0.15, 0.2) is 99.6 Å². The number of urea groups is 1. The Balaban J connectivity index is 1.54. The van der Waals surface area contributed by atoms with Crippen LogP contribution >= 0.6 is 0 Å². The summed E-state index contributed by atoms with van der Waals surface area (Å²) in [5.74, 6) is -1.76. The van der Waals surface area contributed by atoms with E-state index in [0.717, 1.165) is 35.2 Å². The molecule has 214 valence electrons.